The van der Waals surface area contributed by atoms with Crippen LogP contribution in [-0.4, -0.2) is 21.2 Å². The SMILES string of the molecule is CC(C)Cc1noc(CSc2ccc(C(=O)O)o2)n1. The summed E-state index contributed by atoms with van der Waals surface area (Å²) in [4.78, 5) is 14.9. The monoisotopic (exact) mass is 282 g/mol. The fourth-order valence-corrected chi connectivity index (χ4v) is 2.14. The van der Waals surface area contributed by atoms with Gasteiger partial charge in [0.2, 0.25) is 11.7 Å². The van der Waals surface area contributed by atoms with Gasteiger partial charge < -0.3 is 14.0 Å². The summed E-state index contributed by atoms with van der Waals surface area (Å²) >= 11 is 1.32. The van der Waals surface area contributed by atoms with Gasteiger partial charge in [-0.05, 0) is 18.1 Å². The molecule has 0 radical (unpaired) electrons. The molecule has 0 spiro atoms. The first-order chi connectivity index (χ1) is 9.04. The molecule has 0 aliphatic carbocycles. The van der Waals surface area contributed by atoms with Crippen LogP contribution in [0.4, 0.5) is 0 Å². The summed E-state index contributed by atoms with van der Waals surface area (Å²) in [6, 6.07) is 3.03. The maximum absolute atomic E-state index is 10.7. The molecule has 0 saturated heterocycles. The molecule has 6 nitrogen and oxygen atoms in total. The summed E-state index contributed by atoms with van der Waals surface area (Å²) in [5, 5.41) is 13.1. The number of aromatic nitrogens is 2. The Morgan fingerprint density at radius 1 is 1.47 bits per heavy atom. The first-order valence-corrected chi connectivity index (χ1v) is 6.80. The summed E-state index contributed by atoms with van der Waals surface area (Å²) < 4.78 is 10.2. The predicted octanol–water partition coefficient (Wildman–Crippen LogP) is 2.85. The highest BCUT2D eigenvalue weighted by Gasteiger charge is 2.12. The minimum Gasteiger partial charge on any atom is -0.475 e. The topological polar surface area (TPSA) is 89.4 Å². The van der Waals surface area contributed by atoms with Crippen molar-refractivity contribution < 1.29 is 18.8 Å². The van der Waals surface area contributed by atoms with Crippen molar-refractivity contribution in [1.29, 1.82) is 0 Å². The maximum Gasteiger partial charge on any atom is 0.371 e. The minimum absolute atomic E-state index is 0.0754. The summed E-state index contributed by atoms with van der Waals surface area (Å²) in [5.41, 5.74) is 0. The van der Waals surface area contributed by atoms with E-state index in [9.17, 15) is 4.79 Å². The van der Waals surface area contributed by atoms with Crippen LogP contribution < -0.4 is 0 Å². The van der Waals surface area contributed by atoms with Crippen molar-refractivity contribution in [2.75, 3.05) is 0 Å². The highest BCUT2D eigenvalue weighted by atomic mass is 32.2. The highest BCUT2D eigenvalue weighted by molar-refractivity contribution is 7.98. The molecule has 2 heterocycles. The van der Waals surface area contributed by atoms with Crippen LogP contribution in [0.1, 0.15) is 36.1 Å². The number of rotatable bonds is 6. The van der Waals surface area contributed by atoms with Crippen LogP contribution in [0.25, 0.3) is 0 Å². The molecular weight excluding hydrogens is 268 g/mol. The molecule has 0 unspecified atom stereocenters. The molecule has 2 aromatic rings. The van der Waals surface area contributed by atoms with E-state index in [0.29, 0.717) is 28.5 Å². The number of nitrogens with zero attached hydrogens (tertiary/aromatic N) is 2. The molecule has 19 heavy (non-hydrogen) atoms. The number of hydrogen-bond donors (Lipinski definition) is 1. The molecule has 0 aliphatic rings. The number of aromatic carboxylic acids is 1. The summed E-state index contributed by atoms with van der Waals surface area (Å²) in [7, 11) is 0. The van der Waals surface area contributed by atoms with E-state index in [1.807, 2.05) is 0 Å². The molecular formula is C12H14N2O4S. The van der Waals surface area contributed by atoms with Crippen molar-refractivity contribution in [2.24, 2.45) is 5.92 Å². The van der Waals surface area contributed by atoms with E-state index < -0.39 is 5.97 Å². The van der Waals surface area contributed by atoms with Gasteiger partial charge in [-0.3, -0.25) is 0 Å². The average Bonchev–Trinajstić information content (AvgIpc) is 2.94. The molecule has 2 aromatic heterocycles. The second-order valence-electron chi connectivity index (χ2n) is 4.41. The van der Waals surface area contributed by atoms with Crippen LogP contribution in [0, 0.1) is 5.92 Å². The van der Waals surface area contributed by atoms with Crippen LogP contribution in [0.15, 0.2) is 26.2 Å². The summed E-state index contributed by atoms with van der Waals surface area (Å²) in [5.74, 6) is 0.974. The molecule has 7 heteroatoms. The van der Waals surface area contributed by atoms with E-state index in [1.54, 1.807) is 6.07 Å². The van der Waals surface area contributed by atoms with Crippen molar-refractivity contribution in [3.63, 3.8) is 0 Å². The Balaban J connectivity index is 1.90. The summed E-state index contributed by atoms with van der Waals surface area (Å²) in [6.45, 7) is 4.17. The van der Waals surface area contributed by atoms with Crippen LogP contribution in [0.3, 0.4) is 0 Å². The Morgan fingerprint density at radius 3 is 2.89 bits per heavy atom. The lowest BCUT2D eigenvalue weighted by Crippen LogP contribution is -1.96. The van der Waals surface area contributed by atoms with E-state index in [1.165, 1.54) is 17.8 Å². The fourth-order valence-electron chi connectivity index (χ4n) is 1.44. The van der Waals surface area contributed by atoms with Gasteiger partial charge in [0.15, 0.2) is 10.9 Å². The Kier molecular flexibility index (Phi) is 4.26. The smallest absolute Gasteiger partial charge is 0.371 e. The van der Waals surface area contributed by atoms with Crippen LogP contribution in [-0.2, 0) is 12.2 Å². The molecule has 0 atom stereocenters. The van der Waals surface area contributed by atoms with Gasteiger partial charge in [-0.15, -0.1) is 0 Å². The van der Waals surface area contributed by atoms with Gasteiger partial charge in [-0.1, -0.05) is 30.8 Å². The van der Waals surface area contributed by atoms with E-state index in [0.717, 1.165) is 6.42 Å². The van der Waals surface area contributed by atoms with E-state index >= 15 is 0 Å². The van der Waals surface area contributed by atoms with Crippen molar-refractivity contribution >= 4 is 17.7 Å². The number of carbonyl (C=O) groups is 1. The van der Waals surface area contributed by atoms with Gasteiger partial charge in [-0.2, -0.15) is 4.98 Å². The zero-order valence-corrected chi connectivity index (χ0v) is 11.4. The number of carboxylic acid groups (broad SMARTS) is 1. The Labute approximate surface area is 114 Å². The van der Waals surface area contributed by atoms with Crippen LogP contribution in [0.2, 0.25) is 0 Å². The summed E-state index contributed by atoms with van der Waals surface area (Å²) in [6.07, 6.45) is 0.776. The normalized spacial score (nSPS) is 11.1. The standard InChI is InChI=1S/C12H14N2O4S/c1-7(2)5-9-13-10(18-14-9)6-19-11-4-3-8(17-11)12(15)16/h3-4,7H,5-6H2,1-2H3,(H,15,16). The number of thioether (sulfide) groups is 1. The van der Waals surface area contributed by atoms with Crippen molar-refractivity contribution in [3.05, 3.63) is 29.6 Å². The number of furan rings is 1. The third kappa shape index (κ3) is 3.85. The lowest BCUT2D eigenvalue weighted by atomic mass is 10.1. The molecule has 102 valence electrons. The van der Waals surface area contributed by atoms with Gasteiger partial charge in [0, 0.05) is 6.42 Å². The Hall–Kier alpha value is -1.76. The predicted molar refractivity (Wildman–Crippen MR) is 68.1 cm³/mol. The Bertz CT molecular complexity index is 562. The molecule has 0 fully saturated rings. The third-order valence-corrected chi connectivity index (χ3v) is 3.13. The zero-order valence-electron chi connectivity index (χ0n) is 10.6. The van der Waals surface area contributed by atoms with E-state index in [-0.39, 0.29) is 5.76 Å². The van der Waals surface area contributed by atoms with Gasteiger partial charge in [0.1, 0.15) is 0 Å². The average molecular weight is 282 g/mol. The molecule has 0 saturated carbocycles. The number of carboxylic acids is 1. The lowest BCUT2D eigenvalue weighted by molar-refractivity contribution is 0.0656. The molecule has 0 aromatic carbocycles. The minimum atomic E-state index is -1.08. The molecule has 0 aliphatic heterocycles. The quantitative estimate of drug-likeness (QED) is 0.815. The lowest BCUT2D eigenvalue weighted by Gasteiger charge is -1.96. The first kappa shape index (κ1) is 13.7. The van der Waals surface area contributed by atoms with Gasteiger partial charge in [-0.25, -0.2) is 4.79 Å². The largest absolute Gasteiger partial charge is 0.475 e. The van der Waals surface area contributed by atoms with Gasteiger partial charge in [0.25, 0.3) is 0 Å². The third-order valence-electron chi connectivity index (χ3n) is 2.23. The van der Waals surface area contributed by atoms with E-state index in [2.05, 4.69) is 24.0 Å². The number of hydrogen-bond acceptors (Lipinski definition) is 6. The van der Waals surface area contributed by atoms with Gasteiger partial charge in [0.05, 0.1) is 5.75 Å². The first-order valence-electron chi connectivity index (χ1n) is 5.82. The van der Waals surface area contributed by atoms with Crippen molar-refractivity contribution in [1.82, 2.24) is 10.1 Å². The zero-order chi connectivity index (χ0) is 13.8. The maximum atomic E-state index is 10.7. The fraction of sp³-hybridized carbons (Fsp3) is 0.417. The molecule has 2 rings (SSSR count). The second-order valence-corrected chi connectivity index (χ2v) is 5.39. The molecule has 1 N–H and O–H groups in total. The molecule has 0 bridgehead atoms. The highest BCUT2D eigenvalue weighted by Crippen LogP contribution is 2.24. The van der Waals surface area contributed by atoms with Crippen LogP contribution >= 0.6 is 11.8 Å². The Morgan fingerprint density at radius 2 is 2.26 bits per heavy atom. The molecule has 0 amide bonds. The van der Waals surface area contributed by atoms with Gasteiger partial charge >= 0.3 is 5.97 Å². The van der Waals surface area contributed by atoms with Crippen LogP contribution in [0.5, 0.6) is 0 Å². The second kappa shape index (κ2) is 5.92. The van der Waals surface area contributed by atoms with E-state index in [4.69, 9.17) is 14.0 Å². The van der Waals surface area contributed by atoms with Crippen molar-refractivity contribution in [2.45, 2.75) is 31.1 Å². The van der Waals surface area contributed by atoms with Crippen molar-refractivity contribution in [3.8, 4) is 0 Å².